The molecule has 4 nitrogen and oxygen atoms in total. The molecule has 0 bridgehead atoms. The summed E-state index contributed by atoms with van der Waals surface area (Å²) in [6.45, 7) is 2.13. The molecule has 0 aliphatic heterocycles. The molecule has 0 unspecified atom stereocenters. The molecule has 31 heavy (non-hydrogen) atoms. The van der Waals surface area contributed by atoms with Crippen LogP contribution < -0.4 is 4.31 Å². The Morgan fingerprint density at radius 3 is 2.06 bits per heavy atom. The van der Waals surface area contributed by atoms with Gasteiger partial charge in [0.1, 0.15) is 0 Å². The Labute approximate surface area is 189 Å². The van der Waals surface area contributed by atoms with Crippen molar-refractivity contribution in [1.82, 2.24) is 0 Å². The molecule has 162 valence electrons. The topological polar surface area (TPSA) is 54.5 Å². The van der Waals surface area contributed by atoms with E-state index < -0.39 is 15.9 Å². The minimum Gasteiger partial charge on any atom is -0.273 e. The van der Waals surface area contributed by atoms with E-state index in [0.717, 1.165) is 34.7 Å². The van der Waals surface area contributed by atoms with Crippen LogP contribution in [0.4, 0.5) is 5.69 Å². The van der Waals surface area contributed by atoms with E-state index in [-0.39, 0.29) is 11.3 Å². The highest BCUT2D eigenvalue weighted by Gasteiger charge is 2.30. The number of rotatable bonds is 9. The lowest BCUT2D eigenvalue weighted by Gasteiger charge is -2.23. The summed E-state index contributed by atoms with van der Waals surface area (Å²) in [6, 6.07) is 22.6. The van der Waals surface area contributed by atoms with Crippen molar-refractivity contribution in [2.75, 3.05) is 4.31 Å². The van der Waals surface area contributed by atoms with Gasteiger partial charge in [-0.2, -0.15) is 0 Å². The summed E-state index contributed by atoms with van der Waals surface area (Å²) in [5, 5.41) is 0.432. The van der Waals surface area contributed by atoms with Gasteiger partial charge in [0.15, 0.2) is 0 Å². The summed E-state index contributed by atoms with van der Waals surface area (Å²) >= 11 is 5.92. The Morgan fingerprint density at radius 2 is 1.45 bits per heavy atom. The van der Waals surface area contributed by atoms with Crippen molar-refractivity contribution in [3.8, 4) is 0 Å². The monoisotopic (exact) mass is 455 g/mol. The molecule has 3 rings (SSSR count). The number of unbranched alkanes of at least 4 members (excludes halogenated alkanes) is 1. The zero-order valence-electron chi connectivity index (χ0n) is 17.5. The van der Waals surface area contributed by atoms with E-state index >= 15 is 0 Å². The molecule has 1 amide bonds. The van der Waals surface area contributed by atoms with E-state index in [1.165, 1.54) is 24.3 Å². The summed E-state index contributed by atoms with van der Waals surface area (Å²) in [5.74, 6) is -0.472. The van der Waals surface area contributed by atoms with Gasteiger partial charge < -0.3 is 0 Å². The van der Waals surface area contributed by atoms with E-state index in [1.807, 2.05) is 42.5 Å². The largest absolute Gasteiger partial charge is 0.273 e. The molecule has 3 aromatic carbocycles. The van der Waals surface area contributed by atoms with Gasteiger partial charge in [-0.15, -0.1) is 0 Å². The van der Waals surface area contributed by atoms with Crippen LogP contribution in [-0.2, 0) is 27.7 Å². The molecule has 0 heterocycles. The number of anilines is 1. The minimum atomic E-state index is -4.08. The fourth-order valence-electron chi connectivity index (χ4n) is 3.31. The van der Waals surface area contributed by atoms with E-state index in [1.54, 1.807) is 12.1 Å². The van der Waals surface area contributed by atoms with Gasteiger partial charge >= 0.3 is 0 Å². The third-order valence-electron chi connectivity index (χ3n) is 5.04. The first-order chi connectivity index (χ1) is 14.9. The second-order valence-corrected chi connectivity index (χ2v) is 9.60. The van der Waals surface area contributed by atoms with Crippen LogP contribution in [-0.4, -0.2) is 14.3 Å². The van der Waals surface area contributed by atoms with E-state index in [4.69, 9.17) is 11.6 Å². The van der Waals surface area contributed by atoms with Crippen LogP contribution in [0.25, 0.3) is 0 Å². The standard InChI is InChI=1S/C25H26ClNO3S/c1-2-3-7-21-10-15-23(16-11-21)27(25(28)19-12-20-8-5-4-6-9-20)31(29,30)24-17-13-22(26)14-18-24/h4-6,8-11,13-18H,2-3,7,12,19H2,1H3. The van der Waals surface area contributed by atoms with Crippen LogP contribution in [0.1, 0.15) is 37.3 Å². The molecule has 3 aromatic rings. The van der Waals surface area contributed by atoms with Gasteiger partial charge in [0.2, 0.25) is 5.91 Å². The third-order valence-corrected chi connectivity index (χ3v) is 7.05. The van der Waals surface area contributed by atoms with Crippen molar-refractivity contribution in [3.63, 3.8) is 0 Å². The minimum absolute atomic E-state index is 0.0278. The van der Waals surface area contributed by atoms with Crippen molar-refractivity contribution in [3.05, 3.63) is 95.0 Å². The number of halogens is 1. The number of amides is 1. The van der Waals surface area contributed by atoms with Crippen LogP contribution >= 0.6 is 11.6 Å². The van der Waals surface area contributed by atoms with Crippen molar-refractivity contribution in [2.45, 2.75) is 43.9 Å². The number of benzene rings is 3. The van der Waals surface area contributed by atoms with Crippen molar-refractivity contribution in [1.29, 1.82) is 0 Å². The molecule has 0 atom stereocenters. The Kier molecular flexibility index (Phi) is 7.88. The quantitative estimate of drug-likeness (QED) is 0.395. The SMILES string of the molecule is CCCCc1ccc(N(C(=O)CCc2ccccc2)S(=O)(=O)c2ccc(Cl)cc2)cc1. The average molecular weight is 456 g/mol. The van der Waals surface area contributed by atoms with Crippen LogP contribution in [0.3, 0.4) is 0 Å². The number of carbonyl (C=O) groups is 1. The molecule has 0 N–H and O–H groups in total. The maximum Gasteiger partial charge on any atom is 0.270 e. The number of hydrogen-bond acceptors (Lipinski definition) is 3. The number of carbonyl (C=O) groups excluding carboxylic acids is 1. The lowest BCUT2D eigenvalue weighted by Crippen LogP contribution is -2.37. The molecule has 0 spiro atoms. The van der Waals surface area contributed by atoms with E-state index in [9.17, 15) is 13.2 Å². The summed E-state index contributed by atoms with van der Waals surface area (Å²) in [4.78, 5) is 13.2. The third kappa shape index (κ3) is 5.96. The van der Waals surface area contributed by atoms with Crippen molar-refractivity contribution < 1.29 is 13.2 Å². The van der Waals surface area contributed by atoms with Gasteiger partial charge in [-0.3, -0.25) is 4.79 Å². The first kappa shape index (κ1) is 23.0. The van der Waals surface area contributed by atoms with Crippen LogP contribution in [0, 0.1) is 0 Å². The molecule has 6 heteroatoms. The summed E-state index contributed by atoms with van der Waals surface area (Å²) in [7, 11) is -4.08. The average Bonchev–Trinajstić information content (AvgIpc) is 2.78. The number of aryl methyl sites for hydroxylation is 2. The zero-order chi connectivity index (χ0) is 22.3. The molecule has 0 aromatic heterocycles. The summed E-state index contributed by atoms with van der Waals surface area (Å²) in [6.07, 6.45) is 3.59. The van der Waals surface area contributed by atoms with Crippen molar-refractivity contribution in [2.24, 2.45) is 0 Å². The molecule has 0 fully saturated rings. The first-order valence-corrected chi connectivity index (χ1v) is 12.2. The second-order valence-electron chi connectivity index (χ2n) is 7.37. The molecule has 0 saturated heterocycles. The normalized spacial score (nSPS) is 11.3. The fourth-order valence-corrected chi connectivity index (χ4v) is 4.88. The Hall–Kier alpha value is -2.63. The number of hydrogen-bond donors (Lipinski definition) is 0. The Morgan fingerprint density at radius 1 is 0.839 bits per heavy atom. The Bertz CT molecular complexity index is 1100. The van der Waals surface area contributed by atoms with E-state index in [2.05, 4.69) is 6.92 Å². The first-order valence-electron chi connectivity index (χ1n) is 10.4. The highest BCUT2D eigenvalue weighted by molar-refractivity contribution is 7.93. The van der Waals surface area contributed by atoms with Crippen LogP contribution in [0.2, 0.25) is 5.02 Å². The molecule has 0 radical (unpaired) electrons. The highest BCUT2D eigenvalue weighted by atomic mass is 35.5. The lowest BCUT2D eigenvalue weighted by atomic mass is 10.1. The van der Waals surface area contributed by atoms with Gasteiger partial charge in [-0.05, 0) is 66.8 Å². The lowest BCUT2D eigenvalue weighted by molar-refractivity contribution is -0.117. The molecular formula is C25H26ClNO3S. The number of sulfonamides is 1. The maximum atomic E-state index is 13.4. The molecular weight excluding hydrogens is 430 g/mol. The van der Waals surface area contributed by atoms with Crippen molar-refractivity contribution >= 4 is 33.2 Å². The van der Waals surface area contributed by atoms with Crippen LogP contribution in [0.15, 0.2) is 83.8 Å². The van der Waals surface area contributed by atoms with Gasteiger partial charge in [0.25, 0.3) is 10.0 Å². The summed E-state index contributed by atoms with van der Waals surface area (Å²) < 4.78 is 27.8. The molecule has 0 saturated carbocycles. The second kappa shape index (κ2) is 10.6. The maximum absolute atomic E-state index is 13.4. The van der Waals surface area contributed by atoms with Crippen LogP contribution in [0.5, 0.6) is 0 Å². The Balaban J connectivity index is 1.92. The predicted molar refractivity (Wildman–Crippen MR) is 126 cm³/mol. The van der Waals surface area contributed by atoms with Gasteiger partial charge in [-0.25, -0.2) is 12.7 Å². The molecule has 0 aliphatic rings. The highest BCUT2D eigenvalue weighted by Crippen LogP contribution is 2.27. The van der Waals surface area contributed by atoms with Gasteiger partial charge in [-0.1, -0.05) is 67.4 Å². The zero-order valence-corrected chi connectivity index (χ0v) is 19.1. The predicted octanol–water partition coefficient (Wildman–Crippen LogP) is 6.04. The fraction of sp³-hybridized carbons (Fsp3) is 0.240. The smallest absolute Gasteiger partial charge is 0.270 e. The van der Waals surface area contributed by atoms with E-state index in [0.29, 0.717) is 17.1 Å². The van der Waals surface area contributed by atoms with Gasteiger partial charge in [0, 0.05) is 11.4 Å². The van der Waals surface area contributed by atoms with Gasteiger partial charge in [0.05, 0.1) is 10.6 Å². The summed E-state index contributed by atoms with van der Waals surface area (Å²) in [5.41, 5.74) is 2.44. The molecule has 0 aliphatic carbocycles. The number of nitrogens with zero attached hydrogens (tertiary/aromatic N) is 1.